The van der Waals surface area contributed by atoms with Crippen molar-refractivity contribution in [2.24, 2.45) is 5.92 Å². The van der Waals surface area contributed by atoms with Crippen LogP contribution in [0.1, 0.15) is 24.9 Å². The van der Waals surface area contributed by atoms with Gasteiger partial charge in [0.2, 0.25) is 5.91 Å². The van der Waals surface area contributed by atoms with Gasteiger partial charge < -0.3 is 15.0 Å². The highest BCUT2D eigenvalue weighted by Gasteiger charge is 2.38. The second-order valence-electron chi connectivity index (χ2n) is 6.67. The van der Waals surface area contributed by atoms with E-state index < -0.39 is 24.4 Å². The number of amides is 2. The third kappa shape index (κ3) is 4.70. The lowest BCUT2D eigenvalue weighted by Gasteiger charge is -2.25. The van der Waals surface area contributed by atoms with Gasteiger partial charge >= 0.3 is 5.97 Å². The number of halogens is 1. The van der Waals surface area contributed by atoms with E-state index in [0.717, 1.165) is 5.56 Å². The number of nitrogens with one attached hydrogen (secondary N) is 1. The monoisotopic (exact) mass is 400 g/mol. The van der Waals surface area contributed by atoms with Crippen LogP contribution in [0.25, 0.3) is 0 Å². The topological polar surface area (TPSA) is 75.7 Å². The number of benzene rings is 2. The fourth-order valence-corrected chi connectivity index (χ4v) is 3.36. The predicted molar refractivity (Wildman–Crippen MR) is 106 cm³/mol. The lowest BCUT2D eigenvalue weighted by atomic mass is 10.1. The summed E-state index contributed by atoms with van der Waals surface area (Å²) in [6.07, 6.45) is 0.0855. The van der Waals surface area contributed by atoms with Crippen molar-refractivity contribution in [2.75, 3.05) is 18.5 Å². The molecule has 3 rings (SSSR count). The molecule has 2 aromatic rings. The minimum Gasteiger partial charge on any atom is -0.455 e. The van der Waals surface area contributed by atoms with Gasteiger partial charge in [-0.25, -0.2) is 0 Å². The van der Waals surface area contributed by atoms with Gasteiger partial charge in [-0.3, -0.25) is 14.4 Å². The van der Waals surface area contributed by atoms with E-state index in [9.17, 15) is 14.4 Å². The number of esters is 1. The second-order valence-corrected chi connectivity index (χ2v) is 7.08. The van der Waals surface area contributed by atoms with Gasteiger partial charge in [-0.15, -0.1) is 0 Å². The van der Waals surface area contributed by atoms with Crippen LogP contribution >= 0.6 is 11.6 Å². The van der Waals surface area contributed by atoms with E-state index in [4.69, 9.17) is 16.3 Å². The highest BCUT2D eigenvalue weighted by atomic mass is 35.5. The van der Waals surface area contributed by atoms with Crippen LogP contribution in [-0.2, 0) is 19.1 Å². The van der Waals surface area contributed by atoms with Gasteiger partial charge in [0.05, 0.1) is 22.7 Å². The van der Waals surface area contributed by atoms with Gasteiger partial charge in [-0.1, -0.05) is 54.1 Å². The molecule has 0 aromatic heterocycles. The number of likely N-dealkylation sites (tertiary alicyclic amines) is 1. The van der Waals surface area contributed by atoms with Gasteiger partial charge in [0, 0.05) is 13.0 Å². The van der Waals surface area contributed by atoms with Crippen molar-refractivity contribution in [1.29, 1.82) is 0 Å². The van der Waals surface area contributed by atoms with Crippen LogP contribution in [0.4, 0.5) is 5.69 Å². The first-order valence-electron chi connectivity index (χ1n) is 9.01. The fraction of sp³-hybridized carbons (Fsp3) is 0.286. The Morgan fingerprint density at radius 2 is 1.86 bits per heavy atom. The average Bonchev–Trinajstić information content (AvgIpc) is 3.10. The molecule has 2 aromatic carbocycles. The number of hydrogen-bond acceptors (Lipinski definition) is 4. The van der Waals surface area contributed by atoms with Crippen molar-refractivity contribution < 1.29 is 19.1 Å². The van der Waals surface area contributed by atoms with Crippen LogP contribution in [-0.4, -0.2) is 35.8 Å². The molecule has 146 valence electrons. The predicted octanol–water partition coefficient (Wildman–Crippen LogP) is 3.43. The van der Waals surface area contributed by atoms with E-state index in [0.29, 0.717) is 10.7 Å². The lowest BCUT2D eigenvalue weighted by Crippen LogP contribution is -2.30. The lowest BCUT2D eigenvalue weighted by molar-refractivity contribution is -0.151. The van der Waals surface area contributed by atoms with Gasteiger partial charge in [0.25, 0.3) is 5.91 Å². The van der Waals surface area contributed by atoms with Crippen LogP contribution in [0.15, 0.2) is 54.6 Å². The van der Waals surface area contributed by atoms with Crippen LogP contribution < -0.4 is 5.32 Å². The average molecular weight is 401 g/mol. The van der Waals surface area contributed by atoms with Gasteiger partial charge in [0.1, 0.15) is 0 Å². The number of para-hydroxylation sites is 1. The Balaban J connectivity index is 1.52. The Hall–Kier alpha value is -2.86. The van der Waals surface area contributed by atoms with E-state index >= 15 is 0 Å². The molecule has 1 heterocycles. The summed E-state index contributed by atoms with van der Waals surface area (Å²) < 4.78 is 5.11. The van der Waals surface area contributed by atoms with Crippen LogP contribution in [0, 0.1) is 5.92 Å². The molecule has 1 aliphatic rings. The molecule has 0 saturated carbocycles. The van der Waals surface area contributed by atoms with E-state index in [-0.39, 0.29) is 24.9 Å². The quantitative estimate of drug-likeness (QED) is 0.754. The highest BCUT2D eigenvalue weighted by molar-refractivity contribution is 6.33. The molecule has 6 nitrogen and oxygen atoms in total. The number of ether oxygens (including phenoxy) is 1. The molecule has 2 amide bonds. The first-order valence-corrected chi connectivity index (χ1v) is 9.39. The first kappa shape index (κ1) is 19.9. The molecule has 1 N–H and O–H groups in total. The third-order valence-corrected chi connectivity index (χ3v) is 5.06. The molecule has 1 saturated heterocycles. The number of anilines is 1. The van der Waals surface area contributed by atoms with Crippen molar-refractivity contribution in [3.05, 3.63) is 65.2 Å². The third-order valence-electron chi connectivity index (χ3n) is 4.73. The molecule has 7 heteroatoms. The Kier molecular flexibility index (Phi) is 6.31. The van der Waals surface area contributed by atoms with Crippen LogP contribution in [0.5, 0.6) is 0 Å². The Bertz CT molecular complexity index is 872. The molecule has 0 bridgehead atoms. The maximum atomic E-state index is 12.3. The summed E-state index contributed by atoms with van der Waals surface area (Å²) in [5, 5.41) is 2.99. The summed E-state index contributed by atoms with van der Waals surface area (Å²) in [6.45, 7) is 1.78. The summed E-state index contributed by atoms with van der Waals surface area (Å²) >= 11 is 5.98. The highest BCUT2D eigenvalue weighted by Crippen LogP contribution is 2.29. The maximum absolute atomic E-state index is 12.3. The van der Waals surface area contributed by atoms with Crippen molar-refractivity contribution in [3.8, 4) is 0 Å². The minimum absolute atomic E-state index is 0.0855. The summed E-state index contributed by atoms with van der Waals surface area (Å²) in [5.74, 6) is -1.71. The van der Waals surface area contributed by atoms with E-state index in [2.05, 4.69) is 5.32 Å². The second kappa shape index (κ2) is 8.89. The van der Waals surface area contributed by atoms with E-state index in [1.54, 1.807) is 29.2 Å². The maximum Gasteiger partial charge on any atom is 0.311 e. The Morgan fingerprint density at radius 3 is 2.57 bits per heavy atom. The number of hydrogen-bond donors (Lipinski definition) is 1. The molecular weight excluding hydrogens is 380 g/mol. The van der Waals surface area contributed by atoms with Crippen molar-refractivity contribution in [2.45, 2.75) is 19.4 Å². The summed E-state index contributed by atoms with van der Waals surface area (Å²) in [6, 6.07) is 16.3. The summed E-state index contributed by atoms with van der Waals surface area (Å²) in [4.78, 5) is 38.3. The number of nitrogens with zero attached hydrogens (tertiary/aromatic N) is 1. The van der Waals surface area contributed by atoms with Crippen LogP contribution in [0.2, 0.25) is 5.02 Å². The molecule has 1 aliphatic heterocycles. The standard InChI is InChI=1S/C21H21ClN2O4/c1-14(15-7-3-2-4-8-15)24-12-16(11-20(24)26)21(27)28-13-19(25)23-18-10-6-5-9-17(18)22/h2-10,14,16H,11-13H2,1H3,(H,23,25)/t14-,16-/m0/s1. The fourth-order valence-electron chi connectivity index (χ4n) is 3.18. The number of carbonyl (C=O) groups is 3. The minimum atomic E-state index is -0.577. The van der Waals surface area contributed by atoms with Gasteiger partial charge in [-0.05, 0) is 24.6 Å². The van der Waals surface area contributed by atoms with E-state index in [1.807, 2.05) is 37.3 Å². The molecule has 0 radical (unpaired) electrons. The zero-order valence-corrected chi connectivity index (χ0v) is 16.2. The number of carbonyl (C=O) groups excluding carboxylic acids is 3. The molecule has 28 heavy (non-hydrogen) atoms. The zero-order valence-electron chi connectivity index (χ0n) is 15.4. The molecule has 0 aliphatic carbocycles. The van der Waals surface area contributed by atoms with Crippen molar-refractivity contribution in [3.63, 3.8) is 0 Å². The normalized spacial score (nSPS) is 17.3. The molecule has 0 spiro atoms. The first-order chi connectivity index (χ1) is 13.5. The molecule has 0 unspecified atom stereocenters. The van der Waals surface area contributed by atoms with Gasteiger partial charge in [-0.2, -0.15) is 0 Å². The van der Waals surface area contributed by atoms with E-state index in [1.165, 1.54) is 0 Å². The zero-order chi connectivity index (χ0) is 20.1. The van der Waals surface area contributed by atoms with Crippen molar-refractivity contribution in [1.82, 2.24) is 4.90 Å². The Morgan fingerprint density at radius 1 is 1.18 bits per heavy atom. The molecule has 1 fully saturated rings. The summed E-state index contributed by atoms with van der Waals surface area (Å²) in [7, 11) is 0. The molecular formula is C21H21ClN2O4. The largest absolute Gasteiger partial charge is 0.455 e. The van der Waals surface area contributed by atoms with Crippen molar-refractivity contribution >= 4 is 35.1 Å². The van der Waals surface area contributed by atoms with Crippen LogP contribution in [0.3, 0.4) is 0 Å². The summed E-state index contributed by atoms with van der Waals surface area (Å²) in [5.41, 5.74) is 1.45. The molecule has 2 atom stereocenters. The SMILES string of the molecule is C[C@@H](c1ccccc1)N1C[C@@H](C(=O)OCC(=O)Nc2ccccc2Cl)CC1=O. The Labute approximate surface area is 168 Å². The smallest absolute Gasteiger partial charge is 0.311 e. The number of rotatable bonds is 6. The van der Waals surface area contributed by atoms with Gasteiger partial charge in [0.15, 0.2) is 6.61 Å².